The second-order valence-corrected chi connectivity index (χ2v) is 7.85. The number of carbonyl (C=O) groups excluding carboxylic acids is 4. The van der Waals surface area contributed by atoms with Crippen molar-refractivity contribution in [2.45, 2.75) is 6.92 Å². The molecule has 11 heteroatoms. The zero-order valence-electron chi connectivity index (χ0n) is 17.5. The molecule has 33 heavy (non-hydrogen) atoms. The summed E-state index contributed by atoms with van der Waals surface area (Å²) in [5, 5.41) is 2.58. The molecule has 0 unspecified atom stereocenters. The summed E-state index contributed by atoms with van der Waals surface area (Å²) < 4.78 is 16.1. The Morgan fingerprint density at radius 1 is 1.15 bits per heavy atom. The van der Waals surface area contributed by atoms with E-state index in [1.807, 2.05) is 0 Å². The molecular weight excluding hydrogens is 520 g/mol. The van der Waals surface area contributed by atoms with E-state index in [1.54, 1.807) is 13.0 Å². The Balaban J connectivity index is 1.98. The summed E-state index contributed by atoms with van der Waals surface area (Å²) in [6.45, 7) is 1.71. The fraction of sp³-hybridized carbons (Fsp3) is 0.182. The van der Waals surface area contributed by atoms with Crippen molar-refractivity contribution < 1.29 is 33.4 Å². The molecule has 2 aromatic carbocycles. The number of rotatable bonds is 7. The normalized spacial score (nSPS) is 14.8. The van der Waals surface area contributed by atoms with E-state index in [-0.39, 0.29) is 29.4 Å². The largest absolute Gasteiger partial charge is 0.490 e. The molecule has 3 rings (SSSR count). The number of methoxy groups -OCH3 is 1. The van der Waals surface area contributed by atoms with Crippen LogP contribution in [0.3, 0.4) is 0 Å². The predicted octanol–water partition coefficient (Wildman–Crippen LogP) is 3.72. The van der Waals surface area contributed by atoms with Crippen molar-refractivity contribution in [1.29, 1.82) is 0 Å². The minimum Gasteiger partial charge on any atom is -0.490 e. The number of hydrogen-bond acceptors (Lipinski definition) is 7. The molecule has 0 saturated carbocycles. The molecule has 172 valence electrons. The van der Waals surface area contributed by atoms with E-state index < -0.39 is 23.8 Å². The van der Waals surface area contributed by atoms with Crippen molar-refractivity contribution in [3.8, 4) is 11.5 Å². The number of hydrogen-bond donors (Lipinski definition) is 1. The van der Waals surface area contributed by atoms with Crippen LogP contribution in [0, 0.1) is 0 Å². The molecule has 0 spiro atoms. The summed E-state index contributed by atoms with van der Waals surface area (Å²) in [6.07, 6.45) is 1.32. The van der Waals surface area contributed by atoms with Crippen LogP contribution in [0.2, 0.25) is 5.02 Å². The van der Waals surface area contributed by atoms with E-state index in [4.69, 9.17) is 21.1 Å². The number of halogens is 2. The number of esters is 1. The first-order valence-corrected chi connectivity index (χ1v) is 10.7. The van der Waals surface area contributed by atoms with Crippen LogP contribution < -0.4 is 19.7 Å². The van der Waals surface area contributed by atoms with Gasteiger partial charge in [-0.2, -0.15) is 0 Å². The Bertz CT molecular complexity index is 1150. The first kappa shape index (κ1) is 24.3. The van der Waals surface area contributed by atoms with Gasteiger partial charge < -0.3 is 14.2 Å². The molecule has 0 atom stereocenters. The van der Waals surface area contributed by atoms with Crippen molar-refractivity contribution in [2.75, 3.05) is 25.2 Å². The molecule has 4 amide bonds. The lowest BCUT2D eigenvalue weighted by Crippen LogP contribution is -2.54. The number of imide groups is 2. The van der Waals surface area contributed by atoms with Gasteiger partial charge in [-0.05, 0) is 70.9 Å². The van der Waals surface area contributed by atoms with E-state index in [0.29, 0.717) is 21.7 Å². The summed E-state index contributed by atoms with van der Waals surface area (Å²) >= 11 is 9.23. The van der Waals surface area contributed by atoms with E-state index in [0.717, 1.165) is 4.90 Å². The molecule has 9 nitrogen and oxygen atoms in total. The van der Waals surface area contributed by atoms with Gasteiger partial charge in [0.2, 0.25) is 0 Å². The highest BCUT2D eigenvalue weighted by molar-refractivity contribution is 9.10. The minimum atomic E-state index is -0.868. The maximum Gasteiger partial charge on any atom is 0.343 e. The van der Waals surface area contributed by atoms with Crippen LogP contribution in [0.1, 0.15) is 12.5 Å². The van der Waals surface area contributed by atoms with Crippen LogP contribution in [0.25, 0.3) is 6.08 Å². The lowest BCUT2D eigenvalue weighted by atomic mass is 10.1. The smallest absolute Gasteiger partial charge is 0.343 e. The van der Waals surface area contributed by atoms with Crippen LogP contribution in [0.4, 0.5) is 10.5 Å². The first-order chi connectivity index (χ1) is 15.7. The van der Waals surface area contributed by atoms with Gasteiger partial charge in [0.25, 0.3) is 11.8 Å². The topological polar surface area (TPSA) is 111 Å². The minimum absolute atomic E-state index is 0.252. The van der Waals surface area contributed by atoms with Crippen molar-refractivity contribution in [3.63, 3.8) is 0 Å². The summed E-state index contributed by atoms with van der Waals surface area (Å²) in [5.74, 6) is -1.69. The van der Waals surface area contributed by atoms with Crippen LogP contribution >= 0.6 is 27.5 Å². The van der Waals surface area contributed by atoms with E-state index in [1.165, 1.54) is 43.5 Å². The number of benzene rings is 2. The molecule has 0 radical (unpaired) electrons. The highest BCUT2D eigenvalue weighted by atomic mass is 79.9. The number of carbonyl (C=O) groups is 4. The SMILES string of the molecule is CCOc1cc(/C=C2/C(=O)NC(=O)N(c3ccc(Cl)cc3)C2=O)cc(Br)c1OCC(=O)OC. The summed E-state index contributed by atoms with van der Waals surface area (Å²) in [5.41, 5.74) is 0.407. The number of ether oxygens (including phenoxy) is 3. The van der Waals surface area contributed by atoms with Crippen molar-refractivity contribution in [3.05, 3.63) is 57.0 Å². The second kappa shape index (κ2) is 10.5. The third kappa shape index (κ3) is 5.52. The van der Waals surface area contributed by atoms with Crippen molar-refractivity contribution >= 4 is 63.1 Å². The van der Waals surface area contributed by atoms with Crippen LogP contribution in [-0.2, 0) is 19.1 Å². The Hall–Kier alpha value is -3.37. The molecule has 1 aliphatic heterocycles. The molecule has 0 aromatic heterocycles. The van der Waals surface area contributed by atoms with Crippen molar-refractivity contribution in [2.24, 2.45) is 0 Å². The lowest BCUT2D eigenvalue weighted by molar-refractivity contribution is -0.143. The predicted molar refractivity (Wildman–Crippen MR) is 123 cm³/mol. The van der Waals surface area contributed by atoms with Gasteiger partial charge in [0.05, 0.1) is 23.9 Å². The zero-order chi connectivity index (χ0) is 24.1. The molecular formula is C22H18BrClN2O7. The lowest BCUT2D eigenvalue weighted by Gasteiger charge is -2.26. The van der Waals surface area contributed by atoms with Gasteiger partial charge in [0, 0.05) is 5.02 Å². The molecule has 0 bridgehead atoms. The molecule has 1 heterocycles. The monoisotopic (exact) mass is 536 g/mol. The number of urea groups is 1. The molecule has 1 fully saturated rings. The average molecular weight is 538 g/mol. The number of nitrogens with one attached hydrogen (secondary N) is 1. The number of barbiturate groups is 1. The van der Waals surface area contributed by atoms with Gasteiger partial charge >= 0.3 is 12.0 Å². The number of anilines is 1. The third-order valence-electron chi connectivity index (χ3n) is 4.39. The summed E-state index contributed by atoms with van der Waals surface area (Å²) in [4.78, 5) is 50.1. The zero-order valence-corrected chi connectivity index (χ0v) is 19.9. The Morgan fingerprint density at radius 2 is 1.85 bits per heavy atom. The third-order valence-corrected chi connectivity index (χ3v) is 5.23. The highest BCUT2D eigenvalue weighted by Gasteiger charge is 2.36. The first-order valence-electron chi connectivity index (χ1n) is 9.58. The fourth-order valence-corrected chi connectivity index (χ4v) is 3.61. The van der Waals surface area contributed by atoms with Gasteiger partial charge in [-0.25, -0.2) is 14.5 Å². The second-order valence-electron chi connectivity index (χ2n) is 6.56. The molecule has 2 aromatic rings. The van der Waals surface area contributed by atoms with Gasteiger partial charge in [0.1, 0.15) is 5.57 Å². The summed E-state index contributed by atoms with van der Waals surface area (Å²) in [7, 11) is 1.24. The quantitative estimate of drug-likeness (QED) is 0.325. The Kier molecular flexibility index (Phi) is 7.72. The van der Waals surface area contributed by atoms with Crippen molar-refractivity contribution in [1.82, 2.24) is 5.32 Å². The maximum atomic E-state index is 13.0. The number of amides is 4. The Labute approximate surface area is 202 Å². The average Bonchev–Trinajstić information content (AvgIpc) is 2.77. The molecule has 1 saturated heterocycles. The molecule has 0 aliphatic carbocycles. The van der Waals surface area contributed by atoms with Crippen LogP contribution in [0.5, 0.6) is 11.5 Å². The van der Waals surface area contributed by atoms with E-state index in [2.05, 4.69) is 26.0 Å². The van der Waals surface area contributed by atoms with Gasteiger partial charge in [-0.3, -0.25) is 14.9 Å². The van der Waals surface area contributed by atoms with Crippen LogP contribution in [-0.4, -0.2) is 44.1 Å². The standard InChI is InChI=1S/C22H18BrClN2O7/c1-3-32-17-10-12(9-16(23)19(17)33-11-18(27)31-2)8-15-20(28)25-22(30)26(21(15)29)14-6-4-13(24)5-7-14/h4-10H,3,11H2,1-2H3,(H,25,28,30)/b15-8-. The van der Waals surface area contributed by atoms with Gasteiger partial charge in [-0.1, -0.05) is 11.6 Å². The fourth-order valence-electron chi connectivity index (χ4n) is 2.91. The van der Waals surface area contributed by atoms with Gasteiger partial charge in [0.15, 0.2) is 18.1 Å². The summed E-state index contributed by atoms with van der Waals surface area (Å²) in [6, 6.07) is 8.27. The number of nitrogens with zero attached hydrogens (tertiary/aromatic N) is 1. The molecule has 1 aliphatic rings. The Morgan fingerprint density at radius 3 is 2.48 bits per heavy atom. The highest BCUT2D eigenvalue weighted by Crippen LogP contribution is 2.38. The van der Waals surface area contributed by atoms with E-state index in [9.17, 15) is 19.2 Å². The molecule has 1 N–H and O–H groups in total. The van der Waals surface area contributed by atoms with Gasteiger partial charge in [-0.15, -0.1) is 0 Å². The van der Waals surface area contributed by atoms with E-state index >= 15 is 0 Å². The van der Waals surface area contributed by atoms with Crippen LogP contribution in [0.15, 0.2) is 46.4 Å². The maximum absolute atomic E-state index is 13.0.